The van der Waals surface area contributed by atoms with Crippen molar-refractivity contribution in [1.82, 2.24) is 33.2 Å². The van der Waals surface area contributed by atoms with Crippen molar-refractivity contribution in [2.45, 2.75) is 0 Å². The highest BCUT2D eigenvalue weighted by Crippen LogP contribution is 2.45. The van der Waals surface area contributed by atoms with Gasteiger partial charge in [-0.15, -0.1) is 0 Å². The molecule has 8 heteroatoms. The third-order valence-electron chi connectivity index (χ3n) is 15.2. The lowest BCUT2D eigenvalue weighted by Crippen LogP contribution is -2.13. The molecular formula is C68H42IN7. The molecule has 10 aromatic carbocycles. The number of hydrogen-bond acceptors (Lipinski definition) is 3. The van der Waals surface area contributed by atoms with E-state index in [9.17, 15) is 0 Å². The first kappa shape index (κ1) is 42.9. The summed E-state index contributed by atoms with van der Waals surface area (Å²) in [6, 6.07) is 84.9. The largest absolute Gasteiger partial charge is 0.307 e. The smallest absolute Gasteiger partial charge is 0.240 e. The molecule has 0 atom stereocenters. The van der Waals surface area contributed by atoms with Crippen LogP contribution in [0.2, 0.25) is 0 Å². The molecule has 76 heavy (non-hydrogen) atoms. The standard InChI is InChI=1S/C68H42IN7/c1-5-19-43(20-6-1)45-39-46(44-21-7-2-8-22-44)41-47(40-45)66-70-67(75-60-32-18-15-29-52(60)56-35-33-54-50-27-13-16-30-58(50)73(62(54)64(56)75)48-23-9-3-10-24-48)72-68(71-66)76-61-42-69-38-37-53(61)57-36-34-55-51-28-14-17-31-59(51)74(63(55)65(57)76)49-25-11-4-12-26-49/h1-42H. The first-order valence-corrected chi connectivity index (χ1v) is 28.0. The van der Waals surface area contributed by atoms with E-state index in [1.807, 2.05) is 0 Å². The highest BCUT2D eigenvalue weighted by Gasteiger charge is 2.28. The number of nitrogens with zero attached hydrogens (tertiary/aromatic N) is 7. The van der Waals surface area contributed by atoms with Crippen molar-refractivity contribution >= 4 is 107 Å². The van der Waals surface area contributed by atoms with Gasteiger partial charge in [-0.25, -0.2) is 0 Å². The molecule has 0 unspecified atom stereocenters. The Morgan fingerprint density at radius 3 is 1.21 bits per heavy atom. The maximum atomic E-state index is 5.84. The Bertz CT molecular complexity index is 4850. The minimum Gasteiger partial charge on any atom is -0.307 e. The van der Waals surface area contributed by atoms with E-state index in [4.69, 9.17) is 15.0 Å². The summed E-state index contributed by atoms with van der Waals surface area (Å²) in [5.74, 6) is 1.65. The number of para-hydroxylation sites is 5. The van der Waals surface area contributed by atoms with Crippen LogP contribution in [0.5, 0.6) is 0 Å². The molecule has 356 valence electrons. The maximum Gasteiger partial charge on any atom is 0.240 e. The lowest BCUT2D eigenvalue weighted by molar-refractivity contribution is 0.879. The monoisotopic (exact) mass is 1080 g/mol. The highest BCUT2D eigenvalue weighted by molar-refractivity contribution is 14.2. The van der Waals surface area contributed by atoms with E-state index in [1.165, 1.54) is 16.3 Å². The molecule has 0 fully saturated rings. The summed E-state index contributed by atoms with van der Waals surface area (Å²) in [5.41, 5.74) is 17.2. The van der Waals surface area contributed by atoms with Gasteiger partial charge >= 0.3 is 0 Å². The third kappa shape index (κ3) is 6.47. The molecule has 5 aromatic heterocycles. The van der Waals surface area contributed by atoms with E-state index in [0.29, 0.717) is 17.7 Å². The quantitative estimate of drug-likeness (QED) is 0.149. The van der Waals surface area contributed by atoms with Gasteiger partial charge in [0.2, 0.25) is 11.9 Å². The van der Waals surface area contributed by atoms with Gasteiger partial charge in [-0.2, -0.15) is 15.0 Å². The molecule has 16 rings (SSSR count). The topological polar surface area (TPSA) is 58.4 Å². The average molecular weight is 1080 g/mol. The second kappa shape index (κ2) is 17.0. The lowest BCUT2D eigenvalue weighted by atomic mass is 9.96. The van der Waals surface area contributed by atoms with E-state index < -0.39 is 20.7 Å². The number of fused-ring (bicyclic) bond motifs is 14. The molecule has 0 N–H and O–H groups in total. The van der Waals surface area contributed by atoms with Crippen LogP contribution in [0.3, 0.4) is 0 Å². The van der Waals surface area contributed by atoms with Gasteiger partial charge in [-0.05, 0) is 97.1 Å². The predicted molar refractivity (Wildman–Crippen MR) is 324 cm³/mol. The van der Waals surface area contributed by atoms with Crippen LogP contribution < -0.4 is 0 Å². The van der Waals surface area contributed by atoms with Gasteiger partial charge in [-0.3, -0.25) is 9.13 Å². The molecular weight excluding hydrogens is 1040 g/mol. The summed E-state index contributed by atoms with van der Waals surface area (Å²) < 4.78 is 14.3. The SMILES string of the molecule is C1=Cc2c(n(-c3nc(-c4cc(-c5ccccc5)cc(-c5ccccc5)c4)nc(-n4c5ccccc5c5ccc6c7ccccc7n(-c7ccccc7)c6c54)n3)c3c2ccc2c4ccccc4n(-c4ccccc4)c23)C=I1. The fourth-order valence-electron chi connectivity index (χ4n) is 12.0. The molecule has 7 nitrogen and oxygen atoms in total. The molecule has 0 spiro atoms. The maximum absolute atomic E-state index is 5.84. The van der Waals surface area contributed by atoms with Crippen molar-refractivity contribution in [3.63, 3.8) is 0 Å². The fraction of sp³-hybridized carbons (Fsp3) is 0. The molecule has 0 saturated carbocycles. The average Bonchev–Trinajstić information content (AvgIpc) is 4.43. The van der Waals surface area contributed by atoms with E-state index in [2.05, 4.69) is 269 Å². The summed E-state index contributed by atoms with van der Waals surface area (Å²) in [6.07, 6.45) is 2.33. The molecule has 0 radical (unpaired) electrons. The van der Waals surface area contributed by atoms with Gasteiger partial charge in [0.15, 0.2) is 5.82 Å². The number of benzene rings is 10. The van der Waals surface area contributed by atoms with Crippen LogP contribution in [0, 0.1) is 0 Å². The molecule has 1 aliphatic rings. The van der Waals surface area contributed by atoms with E-state index in [1.54, 1.807) is 0 Å². The van der Waals surface area contributed by atoms with Gasteiger partial charge in [0.1, 0.15) is 0 Å². The Kier molecular flexibility index (Phi) is 9.62. The van der Waals surface area contributed by atoms with Crippen LogP contribution in [0.4, 0.5) is 0 Å². The van der Waals surface area contributed by atoms with E-state index in [-0.39, 0.29) is 0 Å². The minimum absolute atomic E-state index is 0.413. The number of hydrogen-bond donors (Lipinski definition) is 0. The summed E-state index contributed by atoms with van der Waals surface area (Å²) >= 11 is -0.413. The van der Waals surface area contributed by atoms with Crippen molar-refractivity contribution in [1.29, 1.82) is 0 Å². The van der Waals surface area contributed by atoms with Crippen LogP contribution in [-0.4, -0.2) is 37.2 Å². The number of halogens is 1. The van der Waals surface area contributed by atoms with Crippen LogP contribution in [-0.2, 0) is 0 Å². The molecule has 0 amide bonds. The Morgan fingerprint density at radius 1 is 0.303 bits per heavy atom. The Morgan fingerprint density at radius 2 is 0.697 bits per heavy atom. The summed E-state index contributed by atoms with van der Waals surface area (Å²) in [4.78, 5) is 17.3. The second-order valence-electron chi connectivity index (χ2n) is 19.4. The first-order valence-electron chi connectivity index (χ1n) is 25.6. The van der Waals surface area contributed by atoms with E-state index in [0.717, 1.165) is 110 Å². The first-order chi connectivity index (χ1) is 37.7. The van der Waals surface area contributed by atoms with E-state index >= 15 is 0 Å². The van der Waals surface area contributed by atoms with Crippen LogP contribution >= 0.6 is 20.7 Å². The van der Waals surface area contributed by atoms with Gasteiger partial charge in [0, 0.05) is 60.2 Å². The van der Waals surface area contributed by atoms with Crippen LogP contribution in [0.1, 0.15) is 11.3 Å². The zero-order valence-electron chi connectivity index (χ0n) is 40.8. The lowest BCUT2D eigenvalue weighted by Gasteiger charge is -2.16. The normalized spacial score (nSPS) is 12.5. The zero-order chi connectivity index (χ0) is 49.8. The van der Waals surface area contributed by atoms with Crippen molar-refractivity contribution in [3.05, 3.63) is 252 Å². The Labute approximate surface area is 446 Å². The minimum atomic E-state index is -0.413. The molecule has 15 aromatic rings. The molecule has 0 bridgehead atoms. The van der Waals surface area contributed by atoms with Crippen molar-refractivity contribution in [2.24, 2.45) is 0 Å². The van der Waals surface area contributed by atoms with Gasteiger partial charge in [0.25, 0.3) is 0 Å². The highest BCUT2D eigenvalue weighted by atomic mass is 127. The third-order valence-corrected chi connectivity index (χ3v) is 16.9. The van der Waals surface area contributed by atoms with Gasteiger partial charge in [0.05, 0.1) is 44.3 Å². The fourth-order valence-corrected chi connectivity index (χ4v) is 13.7. The second-order valence-corrected chi connectivity index (χ2v) is 21.5. The summed E-state index contributed by atoms with van der Waals surface area (Å²) in [7, 11) is 0. The zero-order valence-corrected chi connectivity index (χ0v) is 42.9. The molecule has 1 aliphatic heterocycles. The van der Waals surface area contributed by atoms with Crippen molar-refractivity contribution in [3.8, 4) is 56.9 Å². The van der Waals surface area contributed by atoms with Gasteiger partial charge in [-0.1, -0.05) is 197 Å². The Hall–Kier alpha value is -9.51. The molecule has 0 aliphatic carbocycles. The molecule has 6 heterocycles. The predicted octanol–water partition coefficient (Wildman–Crippen LogP) is 17.2. The van der Waals surface area contributed by atoms with Crippen molar-refractivity contribution in [2.75, 3.05) is 0 Å². The van der Waals surface area contributed by atoms with Crippen LogP contribution in [0.15, 0.2) is 241 Å². The van der Waals surface area contributed by atoms with Crippen molar-refractivity contribution < 1.29 is 0 Å². The van der Waals surface area contributed by atoms with Crippen LogP contribution in [0.25, 0.3) is 139 Å². The molecule has 0 saturated heterocycles. The Balaban J connectivity index is 1.09. The number of rotatable bonds is 7. The van der Waals surface area contributed by atoms with Gasteiger partial charge < -0.3 is 9.13 Å². The summed E-state index contributed by atoms with van der Waals surface area (Å²) in [5, 5.41) is 8.06. The summed E-state index contributed by atoms with van der Waals surface area (Å²) in [6.45, 7) is 0. The number of aromatic nitrogens is 7.